The summed E-state index contributed by atoms with van der Waals surface area (Å²) >= 11 is 1.45. The fraction of sp³-hybridized carbons (Fsp3) is 0.0435. The fourth-order valence-corrected chi connectivity index (χ4v) is 4.01. The van der Waals surface area contributed by atoms with Crippen LogP contribution in [0.25, 0.3) is 27.4 Å². The normalized spacial score (nSPS) is 11.3. The van der Waals surface area contributed by atoms with E-state index >= 15 is 0 Å². The molecule has 4 aromatic rings. The molecule has 0 aliphatic carbocycles. The summed E-state index contributed by atoms with van der Waals surface area (Å²) in [6.45, 7) is 2.05. The van der Waals surface area contributed by atoms with Gasteiger partial charge in [-0.3, -0.25) is 4.79 Å². The quantitative estimate of drug-likeness (QED) is 0.324. The van der Waals surface area contributed by atoms with Gasteiger partial charge < -0.3 is 0 Å². The van der Waals surface area contributed by atoms with Crippen molar-refractivity contribution in [3.63, 3.8) is 0 Å². The number of hydrogen-bond donors (Lipinski definition) is 0. The molecule has 0 aliphatic heterocycles. The Balaban J connectivity index is 1.78. The molecule has 0 bridgehead atoms. The molecule has 126 valence electrons. The minimum Gasteiger partial charge on any atom is -0.288 e. The lowest BCUT2D eigenvalue weighted by Crippen LogP contribution is -1.93. The zero-order valence-electron chi connectivity index (χ0n) is 14.3. The monoisotopic (exact) mass is 355 g/mol. The second-order valence-electron chi connectivity index (χ2n) is 6.14. The van der Waals surface area contributed by atoms with Gasteiger partial charge in [0.05, 0.1) is 4.88 Å². The number of aromatic nitrogens is 1. The third-order valence-electron chi connectivity index (χ3n) is 4.26. The maximum absolute atomic E-state index is 12.9. The predicted octanol–water partition coefficient (Wildman–Crippen LogP) is 6.17. The van der Waals surface area contributed by atoms with Crippen molar-refractivity contribution in [3.05, 3.63) is 95.0 Å². The van der Waals surface area contributed by atoms with Gasteiger partial charge in [-0.2, -0.15) is 0 Å². The predicted molar refractivity (Wildman–Crippen MR) is 110 cm³/mol. The van der Waals surface area contributed by atoms with Crippen LogP contribution in [0.15, 0.2) is 79.0 Å². The van der Waals surface area contributed by atoms with Crippen molar-refractivity contribution in [2.75, 3.05) is 0 Å². The Morgan fingerprint density at radius 1 is 0.962 bits per heavy atom. The van der Waals surface area contributed by atoms with Gasteiger partial charge in [-0.1, -0.05) is 66.2 Å². The number of carbonyl (C=O) groups is 1. The van der Waals surface area contributed by atoms with Gasteiger partial charge in [-0.25, -0.2) is 4.98 Å². The maximum Gasteiger partial charge on any atom is 0.196 e. The highest BCUT2D eigenvalue weighted by Crippen LogP contribution is 2.38. The molecule has 0 saturated carbocycles. The minimum atomic E-state index is 0.00688. The van der Waals surface area contributed by atoms with Crippen molar-refractivity contribution in [3.8, 4) is 11.1 Å². The summed E-state index contributed by atoms with van der Waals surface area (Å²) < 4.78 is 0. The van der Waals surface area contributed by atoms with Gasteiger partial charge in [-0.05, 0) is 36.3 Å². The van der Waals surface area contributed by atoms with Crippen LogP contribution in [0, 0.1) is 6.92 Å². The number of ketones is 1. The first kappa shape index (κ1) is 16.4. The molecule has 2 heterocycles. The summed E-state index contributed by atoms with van der Waals surface area (Å²) in [6, 6.07) is 22.1. The number of thiophene rings is 1. The number of rotatable bonds is 4. The van der Waals surface area contributed by atoms with Crippen LogP contribution in [0.1, 0.15) is 20.8 Å². The van der Waals surface area contributed by atoms with Gasteiger partial charge in [0.15, 0.2) is 5.78 Å². The Kier molecular flexibility index (Phi) is 4.46. The molecule has 3 heteroatoms. The lowest BCUT2D eigenvalue weighted by Gasteiger charge is -2.02. The number of benzene rings is 2. The van der Waals surface area contributed by atoms with E-state index in [9.17, 15) is 4.79 Å². The molecule has 0 amide bonds. The van der Waals surface area contributed by atoms with Gasteiger partial charge in [-0.15, -0.1) is 11.3 Å². The molecule has 0 N–H and O–H groups in total. The fourth-order valence-electron chi connectivity index (χ4n) is 2.92. The van der Waals surface area contributed by atoms with Gasteiger partial charge in [0.1, 0.15) is 4.83 Å². The van der Waals surface area contributed by atoms with Crippen LogP contribution in [0.4, 0.5) is 0 Å². The molecule has 2 nitrogen and oxygen atoms in total. The number of nitrogens with zero attached hydrogens (tertiary/aromatic N) is 1. The molecule has 0 saturated heterocycles. The van der Waals surface area contributed by atoms with E-state index < -0.39 is 0 Å². The van der Waals surface area contributed by atoms with Crippen LogP contribution in [0.2, 0.25) is 0 Å². The number of carbonyl (C=O) groups excluding carboxylic acids is 1. The summed E-state index contributed by atoms with van der Waals surface area (Å²) in [7, 11) is 0. The summed E-state index contributed by atoms with van der Waals surface area (Å²) in [5.41, 5.74) is 4.23. The van der Waals surface area contributed by atoms with Gasteiger partial charge in [0.2, 0.25) is 0 Å². The minimum absolute atomic E-state index is 0.00688. The van der Waals surface area contributed by atoms with Crippen LogP contribution in [-0.2, 0) is 0 Å². The maximum atomic E-state index is 12.9. The first-order chi connectivity index (χ1) is 12.7. The summed E-state index contributed by atoms with van der Waals surface area (Å²) in [5.74, 6) is 0.00688. The molecule has 26 heavy (non-hydrogen) atoms. The van der Waals surface area contributed by atoms with E-state index in [0.717, 1.165) is 31.8 Å². The Labute approximate surface area is 156 Å². The van der Waals surface area contributed by atoms with Crippen molar-refractivity contribution in [1.29, 1.82) is 0 Å². The highest BCUT2D eigenvalue weighted by atomic mass is 32.1. The second-order valence-corrected chi connectivity index (χ2v) is 7.14. The third kappa shape index (κ3) is 3.22. The average Bonchev–Trinajstić information content (AvgIpc) is 3.07. The van der Waals surface area contributed by atoms with E-state index in [-0.39, 0.29) is 5.78 Å². The van der Waals surface area contributed by atoms with Crippen molar-refractivity contribution >= 4 is 33.4 Å². The van der Waals surface area contributed by atoms with E-state index in [1.54, 1.807) is 12.3 Å². The van der Waals surface area contributed by atoms with Gasteiger partial charge in [0, 0.05) is 17.1 Å². The molecule has 0 atom stereocenters. The molecule has 2 aromatic carbocycles. The van der Waals surface area contributed by atoms with E-state index in [1.807, 2.05) is 72.8 Å². The molecular formula is C23H17NOS. The third-order valence-corrected chi connectivity index (χ3v) is 5.39. The largest absolute Gasteiger partial charge is 0.288 e. The van der Waals surface area contributed by atoms with Crippen molar-refractivity contribution in [1.82, 2.24) is 4.98 Å². The molecule has 0 aliphatic rings. The van der Waals surface area contributed by atoms with Gasteiger partial charge >= 0.3 is 0 Å². The van der Waals surface area contributed by atoms with E-state index in [1.165, 1.54) is 16.9 Å². The first-order valence-corrected chi connectivity index (χ1v) is 9.26. The van der Waals surface area contributed by atoms with Crippen LogP contribution in [0.3, 0.4) is 0 Å². The number of pyridine rings is 1. The smallest absolute Gasteiger partial charge is 0.196 e. The van der Waals surface area contributed by atoms with Crippen molar-refractivity contribution < 1.29 is 4.79 Å². The summed E-state index contributed by atoms with van der Waals surface area (Å²) in [5, 5.41) is 1.02. The van der Waals surface area contributed by atoms with Gasteiger partial charge in [0.25, 0.3) is 0 Å². The first-order valence-electron chi connectivity index (χ1n) is 8.44. The van der Waals surface area contributed by atoms with Crippen molar-refractivity contribution in [2.24, 2.45) is 0 Å². The second kappa shape index (κ2) is 7.06. The topological polar surface area (TPSA) is 30.0 Å². The SMILES string of the molecule is Cc1ccc(/C=C/C(=O)c2sc3ncccc3c2-c2ccccc2)cc1. The molecular weight excluding hydrogens is 338 g/mol. The van der Waals surface area contributed by atoms with Crippen molar-refractivity contribution in [2.45, 2.75) is 6.92 Å². The molecule has 0 unspecified atom stereocenters. The lowest BCUT2D eigenvalue weighted by molar-refractivity contribution is 0.105. The number of allylic oxidation sites excluding steroid dienone is 1. The number of hydrogen-bond acceptors (Lipinski definition) is 3. The molecule has 4 rings (SSSR count). The van der Waals surface area contributed by atoms with E-state index in [4.69, 9.17) is 0 Å². The number of fused-ring (bicyclic) bond motifs is 1. The molecule has 0 radical (unpaired) electrons. The Bertz CT molecular complexity index is 1090. The van der Waals surface area contributed by atoms with Crippen LogP contribution < -0.4 is 0 Å². The van der Waals surface area contributed by atoms with Crippen LogP contribution in [0.5, 0.6) is 0 Å². The zero-order valence-corrected chi connectivity index (χ0v) is 15.2. The summed E-state index contributed by atoms with van der Waals surface area (Å²) in [6.07, 6.45) is 5.29. The van der Waals surface area contributed by atoms with Crippen LogP contribution in [-0.4, -0.2) is 10.8 Å². The Morgan fingerprint density at radius 2 is 1.73 bits per heavy atom. The van der Waals surface area contributed by atoms with Crippen LogP contribution >= 0.6 is 11.3 Å². The highest BCUT2D eigenvalue weighted by Gasteiger charge is 2.18. The number of aryl methyl sites for hydroxylation is 1. The lowest BCUT2D eigenvalue weighted by atomic mass is 10.0. The standard InChI is InChI=1S/C23H17NOS/c1-16-9-11-17(12-10-16)13-14-20(25)22-21(18-6-3-2-4-7-18)19-8-5-15-24-23(19)26-22/h2-15H,1H3/b14-13+. The Hall–Kier alpha value is -3.04. The molecule has 0 fully saturated rings. The molecule has 2 aromatic heterocycles. The molecule has 0 spiro atoms. The zero-order chi connectivity index (χ0) is 17.9. The Morgan fingerprint density at radius 3 is 2.50 bits per heavy atom. The van der Waals surface area contributed by atoms with E-state index in [2.05, 4.69) is 11.9 Å². The highest BCUT2D eigenvalue weighted by molar-refractivity contribution is 7.21. The summed E-state index contributed by atoms with van der Waals surface area (Å²) in [4.78, 5) is 19.0. The average molecular weight is 355 g/mol. The van der Waals surface area contributed by atoms with E-state index in [0.29, 0.717) is 0 Å².